The number of aliphatic hydroxyl groups excluding tert-OH is 1. The SMILES string of the molecule is Cc1ccc(NCCOCCO)c(C(=O)O)c1. The molecule has 0 aliphatic rings. The molecular weight excluding hydrogens is 222 g/mol. The van der Waals surface area contributed by atoms with Gasteiger partial charge in [-0.15, -0.1) is 0 Å². The van der Waals surface area contributed by atoms with Crippen molar-refractivity contribution in [2.24, 2.45) is 0 Å². The Hall–Kier alpha value is -1.59. The molecule has 0 unspecified atom stereocenters. The molecule has 5 nitrogen and oxygen atoms in total. The van der Waals surface area contributed by atoms with Crippen molar-refractivity contribution >= 4 is 11.7 Å². The molecule has 0 saturated carbocycles. The normalized spacial score (nSPS) is 10.2. The summed E-state index contributed by atoms with van der Waals surface area (Å²) in [6.45, 7) is 3.06. The van der Waals surface area contributed by atoms with Gasteiger partial charge in [-0.05, 0) is 19.1 Å². The monoisotopic (exact) mass is 239 g/mol. The second-order valence-corrected chi connectivity index (χ2v) is 3.62. The van der Waals surface area contributed by atoms with E-state index in [-0.39, 0.29) is 12.2 Å². The Morgan fingerprint density at radius 3 is 2.82 bits per heavy atom. The fourth-order valence-electron chi connectivity index (χ4n) is 1.41. The molecule has 1 aromatic carbocycles. The summed E-state index contributed by atoms with van der Waals surface area (Å²) in [7, 11) is 0. The molecule has 3 N–H and O–H groups in total. The van der Waals surface area contributed by atoms with Crippen LogP contribution in [0.5, 0.6) is 0 Å². The lowest BCUT2D eigenvalue weighted by Crippen LogP contribution is -2.13. The molecule has 0 bridgehead atoms. The number of carboxylic acids is 1. The summed E-state index contributed by atoms with van der Waals surface area (Å²) in [5.41, 5.74) is 1.74. The van der Waals surface area contributed by atoms with Crippen LogP contribution in [0.1, 0.15) is 15.9 Å². The zero-order chi connectivity index (χ0) is 12.7. The first-order chi connectivity index (χ1) is 8.15. The maximum absolute atomic E-state index is 11.0. The Balaban J connectivity index is 2.55. The number of benzene rings is 1. The summed E-state index contributed by atoms with van der Waals surface area (Å²) in [4.78, 5) is 11.0. The van der Waals surface area contributed by atoms with Gasteiger partial charge in [0.25, 0.3) is 0 Å². The van der Waals surface area contributed by atoms with Gasteiger partial charge in [0, 0.05) is 12.2 Å². The van der Waals surface area contributed by atoms with Gasteiger partial charge in [0.05, 0.1) is 25.4 Å². The van der Waals surface area contributed by atoms with E-state index in [1.54, 1.807) is 12.1 Å². The average Bonchev–Trinajstić information content (AvgIpc) is 2.30. The Bertz CT molecular complexity index is 379. The summed E-state index contributed by atoms with van der Waals surface area (Å²) >= 11 is 0. The molecule has 0 aromatic heterocycles. The number of aromatic carboxylic acids is 1. The molecule has 0 aliphatic carbocycles. The number of carbonyl (C=O) groups is 1. The molecule has 0 radical (unpaired) electrons. The second kappa shape index (κ2) is 6.88. The highest BCUT2D eigenvalue weighted by molar-refractivity contribution is 5.94. The predicted octanol–water partition coefficient (Wildman–Crippen LogP) is 1.11. The predicted molar refractivity (Wildman–Crippen MR) is 64.5 cm³/mol. The van der Waals surface area contributed by atoms with Gasteiger partial charge < -0.3 is 20.3 Å². The molecule has 0 amide bonds. The zero-order valence-corrected chi connectivity index (χ0v) is 9.77. The highest BCUT2D eigenvalue weighted by atomic mass is 16.5. The van der Waals surface area contributed by atoms with Crippen LogP contribution in [0.4, 0.5) is 5.69 Å². The number of anilines is 1. The molecule has 1 aromatic rings. The molecule has 1 rings (SSSR count). The average molecular weight is 239 g/mol. The van der Waals surface area contributed by atoms with Crippen LogP contribution in [0.25, 0.3) is 0 Å². The summed E-state index contributed by atoms with van der Waals surface area (Å²) in [5, 5.41) is 20.5. The smallest absolute Gasteiger partial charge is 0.337 e. The van der Waals surface area contributed by atoms with Crippen molar-refractivity contribution in [3.05, 3.63) is 29.3 Å². The Labute approximate surface area is 100 Å². The van der Waals surface area contributed by atoms with Crippen LogP contribution in [0.15, 0.2) is 18.2 Å². The number of aliphatic hydroxyl groups is 1. The molecular formula is C12H17NO4. The third-order valence-corrected chi connectivity index (χ3v) is 2.20. The van der Waals surface area contributed by atoms with E-state index in [0.717, 1.165) is 5.56 Å². The number of nitrogens with one attached hydrogen (secondary N) is 1. The van der Waals surface area contributed by atoms with Crippen molar-refractivity contribution in [1.29, 1.82) is 0 Å². The largest absolute Gasteiger partial charge is 0.478 e. The topological polar surface area (TPSA) is 78.8 Å². The van der Waals surface area contributed by atoms with Crippen molar-refractivity contribution in [2.75, 3.05) is 31.7 Å². The van der Waals surface area contributed by atoms with E-state index in [1.807, 2.05) is 13.0 Å². The first-order valence-electron chi connectivity index (χ1n) is 5.41. The number of ether oxygens (including phenoxy) is 1. The van der Waals surface area contributed by atoms with E-state index in [4.69, 9.17) is 14.9 Å². The van der Waals surface area contributed by atoms with Gasteiger partial charge in [0.2, 0.25) is 0 Å². The van der Waals surface area contributed by atoms with Gasteiger partial charge in [0.1, 0.15) is 0 Å². The third kappa shape index (κ3) is 4.42. The highest BCUT2D eigenvalue weighted by Gasteiger charge is 2.09. The van der Waals surface area contributed by atoms with Crippen LogP contribution in [-0.4, -0.2) is 42.5 Å². The summed E-state index contributed by atoms with van der Waals surface area (Å²) in [6.07, 6.45) is 0. The molecule has 0 aliphatic heterocycles. The maximum atomic E-state index is 11.0. The minimum absolute atomic E-state index is 0.00902. The Morgan fingerprint density at radius 2 is 2.18 bits per heavy atom. The van der Waals surface area contributed by atoms with E-state index in [9.17, 15) is 4.79 Å². The van der Waals surface area contributed by atoms with Gasteiger partial charge in [-0.2, -0.15) is 0 Å². The number of carboxylic acid groups (broad SMARTS) is 1. The number of hydrogen-bond donors (Lipinski definition) is 3. The standard InChI is InChI=1S/C12H17NO4/c1-9-2-3-11(10(8-9)12(15)16)13-4-6-17-7-5-14/h2-3,8,13-14H,4-7H2,1H3,(H,15,16). The molecule has 0 spiro atoms. The van der Waals surface area contributed by atoms with E-state index in [1.165, 1.54) is 0 Å². The Morgan fingerprint density at radius 1 is 1.41 bits per heavy atom. The second-order valence-electron chi connectivity index (χ2n) is 3.62. The van der Waals surface area contributed by atoms with Crippen LogP contribution in [0.3, 0.4) is 0 Å². The van der Waals surface area contributed by atoms with Gasteiger partial charge in [-0.25, -0.2) is 4.79 Å². The molecule has 0 saturated heterocycles. The minimum atomic E-state index is -0.951. The number of rotatable bonds is 7. The molecule has 0 atom stereocenters. The number of hydrogen-bond acceptors (Lipinski definition) is 4. The first-order valence-corrected chi connectivity index (χ1v) is 5.41. The van der Waals surface area contributed by atoms with Crippen LogP contribution in [0.2, 0.25) is 0 Å². The summed E-state index contributed by atoms with van der Waals surface area (Å²) in [6, 6.07) is 5.22. The van der Waals surface area contributed by atoms with Crippen molar-refractivity contribution in [3.8, 4) is 0 Å². The third-order valence-electron chi connectivity index (χ3n) is 2.20. The van der Waals surface area contributed by atoms with Crippen molar-refractivity contribution in [2.45, 2.75) is 6.92 Å². The quantitative estimate of drug-likeness (QED) is 0.621. The maximum Gasteiger partial charge on any atom is 0.337 e. The molecule has 0 fully saturated rings. The van der Waals surface area contributed by atoms with Crippen LogP contribution < -0.4 is 5.32 Å². The van der Waals surface area contributed by atoms with E-state index >= 15 is 0 Å². The number of aryl methyl sites for hydroxylation is 1. The van der Waals surface area contributed by atoms with E-state index < -0.39 is 5.97 Å². The molecule has 17 heavy (non-hydrogen) atoms. The van der Waals surface area contributed by atoms with Gasteiger partial charge in [-0.1, -0.05) is 11.6 Å². The summed E-state index contributed by atoms with van der Waals surface area (Å²) < 4.78 is 5.07. The molecule has 94 valence electrons. The van der Waals surface area contributed by atoms with Crippen molar-refractivity contribution in [3.63, 3.8) is 0 Å². The zero-order valence-electron chi connectivity index (χ0n) is 9.77. The van der Waals surface area contributed by atoms with Crippen molar-refractivity contribution < 1.29 is 19.7 Å². The van der Waals surface area contributed by atoms with Gasteiger partial charge in [-0.3, -0.25) is 0 Å². The fraction of sp³-hybridized carbons (Fsp3) is 0.417. The lowest BCUT2D eigenvalue weighted by Gasteiger charge is -2.10. The van der Waals surface area contributed by atoms with Crippen LogP contribution in [0, 0.1) is 6.92 Å². The lowest BCUT2D eigenvalue weighted by atomic mass is 10.1. The fourth-order valence-corrected chi connectivity index (χ4v) is 1.41. The van der Waals surface area contributed by atoms with Gasteiger partial charge >= 0.3 is 5.97 Å². The highest BCUT2D eigenvalue weighted by Crippen LogP contribution is 2.16. The minimum Gasteiger partial charge on any atom is -0.478 e. The van der Waals surface area contributed by atoms with Gasteiger partial charge in [0.15, 0.2) is 0 Å². The summed E-state index contributed by atoms with van der Waals surface area (Å²) in [5.74, 6) is -0.951. The molecule has 5 heteroatoms. The van der Waals surface area contributed by atoms with Crippen molar-refractivity contribution in [1.82, 2.24) is 0 Å². The van der Waals surface area contributed by atoms with E-state index in [0.29, 0.717) is 25.4 Å². The van der Waals surface area contributed by atoms with Crippen LogP contribution in [-0.2, 0) is 4.74 Å². The first kappa shape index (κ1) is 13.5. The Kier molecular flexibility index (Phi) is 5.45. The lowest BCUT2D eigenvalue weighted by molar-refractivity contribution is 0.0697. The molecule has 0 heterocycles. The van der Waals surface area contributed by atoms with Crippen LogP contribution >= 0.6 is 0 Å². The van der Waals surface area contributed by atoms with E-state index in [2.05, 4.69) is 5.32 Å².